The zero-order chi connectivity index (χ0) is 18.2. The fourth-order valence-electron chi connectivity index (χ4n) is 1.34. The summed E-state index contributed by atoms with van der Waals surface area (Å²) in [5.74, 6) is -20.5. The smallest absolute Gasteiger partial charge is 0.339 e. The molecule has 0 saturated carbocycles. The Labute approximate surface area is 119 Å². The number of ether oxygens (including phenoxy) is 1. The molecule has 0 saturated heterocycles. The Morgan fingerprint density at radius 1 is 0.727 bits per heavy atom. The highest BCUT2D eigenvalue weighted by Gasteiger charge is 2.83. The molecule has 0 aliphatic carbocycles. The van der Waals surface area contributed by atoms with Crippen molar-refractivity contribution in [1.29, 1.82) is 0 Å². The van der Waals surface area contributed by atoms with Crippen molar-refractivity contribution < 1.29 is 57.4 Å². The normalized spacial score (nSPS) is 17.7. The molecule has 0 aromatic carbocycles. The first-order valence-corrected chi connectivity index (χ1v) is 5.43. The van der Waals surface area contributed by atoms with Crippen LogP contribution < -0.4 is 0 Å². The topological polar surface area (TPSA) is 9.23 Å². The molecule has 0 spiro atoms. The van der Waals surface area contributed by atoms with Crippen LogP contribution in [0.4, 0.5) is 52.7 Å². The molecule has 0 heterocycles. The molecule has 0 rings (SSSR count). The largest absolute Gasteiger partial charge is 0.459 e. The highest BCUT2D eigenvalue weighted by Crippen LogP contribution is 2.57. The molecule has 0 aliphatic heterocycles. The van der Waals surface area contributed by atoms with Gasteiger partial charge in [-0.25, -0.2) is 4.39 Å². The molecular weight excluding hydrogens is 376 g/mol. The molecule has 0 aromatic heterocycles. The van der Waals surface area contributed by atoms with Gasteiger partial charge in [-0.2, -0.15) is 48.3 Å². The van der Waals surface area contributed by atoms with Gasteiger partial charge in [0.2, 0.25) is 5.92 Å². The second-order valence-corrected chi connectivity index (χ2v) is 4.15. The van der Waals surface area contributed by atoms with E-state index in [2.05, 4.69) is 4.74 Å². The monoisotopic (exact) mass is 380 g/mol. The number of rotatable bonds is 5. The van der Waals surface area contributed by atoms with Crippen molar-refractivity contribution >= 4 is 11.6 Å². The summed E-state index contributed by atoms with van der Waals surface area (Å²) in [6.07, 6.45) is -20.8. The molecule has 0 amide bonds. The van der Waals surface area contributed by atoms with Crippen LogP contribution in [0.1, 0.15) is 0 Å². The predicted octanol–water partition coefficient (Wildman–Crippen LogP) is 4.85. The van der Waals surface area contributed by atoms with Crippen molar-refractivity contribution in [3.63, 3.8) is 0 Å². The third kappa shape index (κ3) is 4.03. The first kappa shape index (κ1) is 21.4. The lowest BCUT2D eigenvalue weighted by atomic mass is 9.92. The molecule has 0 bridgehead atoms. The first-order chi connectivity index (χ1) is 9.43. The van der Waals surface area contributed by atoms with Crippen LogP contribution in [-0.4, -0.2) is 42.8 Å². The Hall–Kier alpha value is -0.590. The van der Waals surface area contributed by atoms with Crippen LogP contribution in [0.2, 0.25) is 0 Å². The van der Waals surface area contributed by atoms with Gasteiger partial charge in [0.05, 0.1) is 6.61 Å². The second-order valence-electron chi connectivity index (χ2n) is 3.77. The van der Waals surface area contributed by atoms with Crippen LogP contribution in [0.15, 0.2) is 0 Å². The summed E-state index contributed by atoms with van der Waals surface area (Å²) in [5.41, 5.74) is 0. The van der Waals surface area contributed by atoms with E-state index in [-0.39, 0.29) is 0 Å². The summed E-state index contributed by atoms with van der Waals surface area (Å²) >= 11 is 4.72. The van der Waals surface area contributed by atoms with Gasteiger partial charge in [-0.05, 0) is 0 Å². The van der Waals surface area contributed by atoms with Crippen molar-refractivity contribution in [1.82, 2.24) is 0 Å². The van der Waals surface area contributed by atoms with Gasteiger partial charge in [0.1, 0.15) is 0 Å². The Kier molecular flexibility index (Phi) is 5.97. The minimum Gasteiger partial charge on any atom is -0.339 e. The van der Waals surface area contributed by atoms with E-state index in [1.54, 1.807) is 0 Å². The lowest BCUT2D eigenvalue weighted by Gasteiger charge is -2.40. The number of hydrogen-bond donors (Lipinski definition) is 0. The van der Waals surface area contributed by atoms with Crippen molar-refractivity contribution in [2.24, 2.45) is 5.92 Å². The Morgan fingerprint density at radius 3 is 1.32 bits per heavy atom. The van der Waals surface area contributed by atoms with Gasteiger partial charge in [0.15, 0.2) is 0 Å². The highest BCUT2D eigenvalue weighted by atomic mass is 35.5. The molecule has 14 heteroatoms. The molecule has 0 N–H and O–H groups in total. The fraction of sp³-hybridized carbons (Fsp3) is 1.00. The van der Waals surface area contributed by atoms with Gasteiger partial charge >= 0.3 is 30.3 Å². The molecule has 0 aliphatic rings. The van der Waals surface area contributed by atoms with Crippen LogP contribution in [0.25, 0.3) is 0 Å². The minimum atomic E-state index is -7.11. The maximum Gasteiger partial charge on any atom is 0.459 e. The van der Waals surface area contributed by atoms with Gasteiger partial charge in [-0.1, -0.05) is 0 Å². The molecule has 22 heavy (non-hydrogen) atoms. The second kappa shape index (κ2) is 6.13. The summed E-state index contributed by atoms with van der Waals surface area (Å²) in [5, 5.41) is 0. The van der Waals surface area contributed by atoms with Gasteiger partial charge in [0.25, 0.3) is 0 Å². The summed E-state index contributed by atoms with van der Waals surface area (Å²) in [4.78, 5) is 0. The molecule has 0 aromatic rings. The van der Waals surface area contributed by atoms with Gasteiger partial charge in [-0.3, -0.25) is 0 Å². The molecule has 0 fully saturated rings. The van der Waals surface area contributed by atoms with E-state index in [0.29, 0.717) is 0 Å². The van der Waals surface area contributed by atoms with E-state index >= 15 is 0 Å². The number of hydrogen-bond acceptors (Lipinski definition) is 1. The fourth-order valence-corrected chi connectivity index (χ4v) is 1.42. The van der Waals surface area contributed by atoms with Crippen LogP contribution >= 0.6 is 11.6 Å². The van der Waals surface area contributed by atoms with Crippen molar-refractivity contribution in [2.45, 2.75) is 30.3 Å². The maximum absolute atomic E-state index is 13.7. The van der Waals surface area contributed by atoms with E-state index in [0.717, 1.165) is 0 Å². The van der Waals surface area contributed by atoms with E-state index in [4.69, 9.17) is 11.6 Å². The standard InChI is InChI=1S/C8H5ClF12O/c9-1-2-22-4(10,7(17,18)8(19,20)21)3(5(11,12)13)6(14,15)16/h3H,1-2H2. The Balaban J connectivity index is 6.29. The lowest BCUT2D eigenvalue weighted by molar-refractivity contribution is -0.446. The van der Waals surface area contributed by atoms with Crippen molar-refractivity contribution in [3.8, 4) is 0 Å². The molecule has 1 nitrogen and oxygen atoms in total. The van der Waals surface area contributed by atoms with E-state index < -0.39 is 48.7 Å². The van der Waals surface area contributed by atoms with E-state index in [1.807, 2.05) is 0 Å². The maximum atomic E-state index is 13.7. The quantitative estimate of drug-likeness (QED) is 0.490. The van der Waals surface area contributed by atoms with E-state index in [9.17, 15) is 52.7 Å². The van der Waals surface area contributed by atoms with Gasteiger partial charge < -0.3 is 4.74 Å². The Bertz CT molecular complexity index is 357. The molecule has 134 valence electrons. The first-order valence-electron chi connectivity index (χ1n) is 4.89. The number of halogens is 13. The SMILES string of the molecule is FC(F)(F)C(C(F)(F)F)C(F)(OCCCl)C(F)(F)C(F)(F)F. The third-order valence-electron chi connectivity index (χ3n) is 2.20. The van der Waals surface area contributed by atoms with Crippen LogP contribution in [-0.2, 0) is 4.74 Å². The molecule has 1 atom stereocenters. The summed E-state index contributed by atoms with van der Waals surface area (Å²) in [6.45, 7) is -1.76. The van der Waals surface area contributed by atoms with E-state index in [1.165, 1.54) is 0 Å². The van der Waals surface area contributed by atoms with Crippen molar-refractivity contribution in [3.05, 3.63) is 0 Å². The highest BCUT2D eigenvalue weighted by molar-refractivity contribution is 6.17. The summed E-state index contributed by atoms with van der Waals surface area (Å²) in [7, 11) is 0. The Morgan fingerprint density at radius 2 is 1.09 bits per heavy atom. The minimum absolute atomic E-state index is 1.14. The molecule has 1 unspecified atom stereocenters. The van der Waals surface area contributed by atoms with Crippen LogP contribution in [0.3, 0.4) is 0 Å². The van der Waals surface area contributed by atoms with Gasteiger partial charge in [-0.15, -0.1) is 11.6 Å². The average molecular weight is 381 g/mol. The van der Waals surface area contributed by atoms with Crippen LogP contribution in [0, 0.1) is 5.92 Å². The predicted molar refractivity (Wildman–Crippen MR) is 47.1 cm³/mol. The summed E-state index contributed by atoms with van der Waals surface area (Å²) in [6, 6.07) is 0. The van der Waals surface area contributed by atoms with Gasteiger partial charge in [0, 0.05) is 5.88 Å². The summed E-state index contributed by atoms with van der Waals surface area (Å²) < 4.78 is 152. The van der Waals surface area contributed by atoms with Crippen molar-refractivity contribution in [2.75, 3.05) is 12.5 Å². The average Bonchev–Trinajstić information content (AvgIpc) is 2.20. The lowest BCUT2D eigenvalue weighted by Crippen LogP contribution is -2.66. The number of alkyl halides is 13. The van der Waals surface area contributed by atoms with Crippen LogP contribution in [0.5, 0.6) is 0 Å². The zero-order valence-corrected chi connectivity index (χ0v) is 10.6. The molecular formula is C8H5ClF12O. The zero-order valence-electron chi connectivity index (χ0n) is 9.81. The molecule has 0 radical (unpaired) electrons. The third-order valence-corrected chi connectivity index (χ3v) is 2.35.